The highest BCUT2D eigenvalue weighted by Crippen LogP contribution is 2.17. The fourth-order valence-corrected chi connectivity index (χ4v) is 3.53. The van der Waals surface area contributed by atoms with E-state index in [0.29, 0.717) is 25.3 Å². The van der Waals surface area contributed by atoms with Crippen LogP contribution in [0.5, 0.6) is 0 Å². The molecule has 2 aromatic rings. The third-order valence-corrected chi connectivity index (χ3v) is 5.51. The minimum absolute atomic E-state index is 0.0347. The highest BCUT2D eigenvalue weighted by molar-refractivity contribution is 5.99. The van der Waals surface area contributed by atoms with Crippen molar-refractivity contribution >= 4 is 17.7 Å². The first-order valence-electron chi connectivity index (χ1n) is 10.8. The molecule has 2 heterocycles. The third kappa shape index (κ3) is 5.51. The number of hydrogen-bond acceptors (Lipinski definition) is 4. The molecule has 8 nitrogen and oxygen atoms in total. The Labute approximate surface area is 183 Å². The molecule has 0 unspecified atom stereocenters. The van der Waals surface area contributed by atoms with Crippen molar-refractivity contribution in [1.29, 1.82) is 0 Å². The zero-order chi connectivity index (χ0) is 22.5. The van der Waals surface area contributed by atoms with Crippen LogP contribution in [0.1, 0.15) is 65.7 Å². The van der Waals surface area contributed by atoms with Crippen LogP contribution in [0, 0.1) is 6.92 Å². The lowest BCUT2D eigenvalue weighted by atomic mass is 10.1. The first-order chi connectivity index (χ1) is 14.8. The van der Waals surface area contributed by atoms with Crippen molar-refractivity contribution in [3.05, 3.63) is 52.8 Å². The van der Waals surface area contributed by atoms with Gasteiger partial charge in [0.2, 0.25) is 5.91 Å². The Kier molecular flexibility index (Phi) is 7.09. The second kappa shape index (κ2) is 9.76. The van der Waals surface area contributed by atoms with Crippen molar-refractivity contribution in [2.75, 3.05) is 6.54 Å². The van der Waals surface area contributed by atoms with Gasteiger partial charge in [0.25, 0.3) is 11.8 Å². The summed E-state index contributed by atoms with van der Waals surface area (Å²) < 4.78 is 1.59. The van der Waals surface area contributed by atoms with Gasteiger partial charge in [-0.3, -0.25) is 19.1 Å². The lowest BCUT2D eigenvalue weighted by Crippen LogP contribution is -2.47. The van der Waals surface area contributed by atoms with Gasteiger partial charge in [0.05, 0.1) is 0 Å². The van der Waals surface area contributed by atoms with Crippen molar-refractivity contribution in [2.24, 2.45) is 0 Å². The van der Waals surface area contributed by atoms with Crippen LogP contribution in [-0.4, -0.2) is 51.0 Å². The Morgan fingerprint density at radius 1 is 1.16 bits per heavy atom. The minimum atomic E-state index is -0.698. The van der Waals surface area contributed by atoms with Gasteiger partial charge in [0.1, 0.15) is 11.7 Å². The standard InChI is InChI=1S/C23H31N5O3/c1-5-16(3)24-21(29)17(4)25-22(30)19-13-20-23(31)27(10-7-11-28(20)26-19)14-18-9-6-8-15(2)12-18/h6,8-9,12-13,16-17H,5,7,10-11,14H2,1-4H3,(H,24,29)(H,25,30)/t16-,17+/m0/s1. The van der Waals surface area contributed by atoms with Crippen molar-refractivity contribution in [3.63, 3.8) is 0 Å². The maximum Gasteiger partial charge on any atom is 0.272 e. The molecule has 0 bridgehead atoms. The number of aryl methyl sites for hydroxylation is 2. The summed E-state index contributed by atoms with van der Waals surface area (Å²) in [5.41, 5.74) is 2.76. The average Bonchev–Trinajstić information content (AvgIpc) is 3.11. The number of aromatic nitrogens is 2. The summed E-state index contributed by atoms with van der Waals surface area (Å²) in [5, 5.41) is 9.85. The van der Waals surface area contributed by atoms with Gasteiger partial charge in [-0.05, 0) is 39.2 Å². The smallest absolute Gasteiger partial charge is 0.272 e. The summed E-state index contributed by atoms with van der Waals surface area (Å²) >= 11 is 0. The molecule has 1 aliphatic rings. The Hall–Kier alpha value is -3.16. The zero-order valence-electron chi connectivity index (χ0n) is 18.6. The number of nitrogens with one attached hydrogen (secondary N) is 2. The first kappa shape index (κ1) is 22.5. The third-order valence-electron chi connectivity index (χ3n) is 5.51. The van der Waals surface area contributed by atoms with E-state index in [9.17, 15) is 14.4 Å². The highest BCUT2D eigenvalue weighted by Gasteiger charge is 2.27. The summed E-state index contributed by atoms with van der Waals surface area (Å²) in [6.45, 7) is 9.25. The molecule has 8 heteroatoms. The van der Waals surface area contributed by atoms with Crippen LogP contribution in [-0.2, 0) is 17.9 Å². The van der Waals surface area contributed by atoms with Crippen molar-refractivity contribution in [2.45, 2.75) is 65.7 Å². The number of amides is 3. The van der Waals surface area contributed by atoms with Gasteiger partial charge in [-0.25, -0.2) is 0 Å². The number of hydrogen-bond donors (Lipinski definition) is 2. The average molecular weight is 426 g/mol. The molecule has 0 saturated heterocycles. The lowest BCUT2D eigenvalue weighted by molar-refractivity contribution is -0.123. The molecule has 3 amide bonds. The highest BCUT2D eigenvalue weighted by atomic mass is 16.2. The number of benzene rings is 1. The predicted octanol–water partition coefficient (Wildman–Crippen LogP) is 2.27. The molecule has 31 heavy (non-hydrogen) atoms. The van der Waals surface area contributed by atoms with Crippen LogP contribution in [0.3, 0.4) is 0 Å². The van der Waals surface area contributed by atoms with Gasteiger partial charge in [-0.2, -0.15) is 5.10 Å². The molecular formula is C23H31N5O3. The van der Waals surface area contributed by atoms with Gasteiger partial charge >= 0.3 is 0 Å². The summed E-state index contributed by atoms with van der Waals surface area (Å²) in [6, 6.07) is 8.94. The van der Waals surface area contributed by atoms with E-state index in [2.05, 4.69) is 21.8 Å². The number of carbonyl (C=O) groups excluding carboxylic acids is 3. The van der Waals surface area contributed by atoms with E-state index >= 15 is 0 Å². The van der Waals surface area contributed by atoms with Crippen LogP contribution in [0.4, 0.5) is 0 Å². The quantitative estimate of drug-likeness (QED) is 0.711. The molecule has 0 aliphatic carbocycles. The fourth-order valence-electron chi connectivity index (χ4n) is 3.53. The van der Waals surface area contributed by atoms with E-state index in [1.165, 1.54) is 6.07 Å². The molecule has 1 aliphatic heterocycles. The van der Waals surface area contributed by atoms with Gasteiger partial charge in [0.15, 0.2) is 5.69 Å². The number of nitrogens with zero attached hydrogens (tertiary/aromatic N) is 3. The molecule has 0 saturated carbocycles. The van der Waals surface area contributed by atoms with E-state index in [0.717, 1.165) is 24.0 Å². The Morgan fingerprint density at radius 3 is 2.65 bits per heavy atom. The largest absolute Gasteiger partial charge is 0.352 e. The van der Waals surface area contributed by atoms with E-state index in [4.69, 9.17) is 0 Å². The van der Waals surface area contributed by atoms with Crippen molar-refractivity contribution < 1.29 is 14.4 Å². The Bertz CT molecular complexity index is 968. The van der Waals surface area contributed by atoms with Crippen LogP contribution < -0.4 is 10.6 Å². The van der Waals surface area contributed by atoms with Crippen LogP contribution in [0.25, 0.3) is 0 Å². The molecule has 3 rings (SSSR count). The molecule has 1 aromatic heterocycles. The molecule has 1 aromatic carbocycles. The number of rotatable bonds is 7. The topological polar surface area (TPSA) is 96.3 Å². The van der Waals surface area contributed by atoms with E-state index < -0.39 is 11.9 Å². The molecule has 2 atom stereocenters. The number of carbonyl (C=O) groups is 3. The van der Waals surface area contributed by atoms with Crippen LogP contribution in [0.2, 0.25) is 0 Å². The van der Waals surface area contributed by atoms with E-state index in [-0.39, 0.29) is 23.6 Å². The fraction of sp³-hybridized carbons (Fsp3) is 0.478. The molecule has 166 valence electrons. The van der Waals surface area contributed by atoms with Gasteiger partial charge in [-0.15, -0.1) is 0 Å². The van der Waals surface area contributed by atoms with Gasteiger partial charge < -0.3 is 15.5 Å². The van der Waals surface area contributed by atoms with E-state index in [1.54, 1.807) is 16.5 Å². The molecule has 0 radical (unpaired) electrons. The first-order valence-corrected chi connectivity index (χ1v) is 10.8. The van der Waals surface area contributed by atoms with Crippen LogP contribution >= 0.6 is 0 Å². The Morgan fingerprint density at radius 2 is 1.94 bits per heavy atom. The summed E-state index contributed by atoms with van der Waals surface area (Å²) in [5.74, 6) is -0.859. The van der Waals surface area contributed by atoms with Crippen LogP contribution in [0.15, 0.2) is 30.3 Å². The molecule has 2 N–H and O–H groups in total. The maximum absolute atomic E-state index is 13.1. The number of fused-ring (bicyclic) bond motifs is 1. The SMILES string of the molecule is CC[C@H](C)NC(=O)[C@@H](C)NC(=O)c1cc2n(n1)CCCN(Cc1cccc(C)c1)C2=O. The maximum atomic E-state index is 13.1. The summed E-state index contributed by atoms with van der Waals surface area (Å²) in [4.78, 5) is 39.7. The predicted molar refractivity (Wildman–Crippen MR) is 118 cm³/mol. The molecule has 0 fully saturated rings. The van der Waals surface area contributed by atoms with Crippen molar-refractivity contribution in [1.82, 2.24) is 25.3 Å². The molecule has 0 spiro atoms. The Balaban J connectivity index is 1.70. The summed E-state index contributed by atoms with van der Waals surface area (Å²) in [6.07, 6.45) is 1.56. The lowest BCUT2D eigenvalue weighted by Gasteiger charge is -2.20. The zero-order valence-corrected chi connectivity index (χ0v) is 18.6. The van der Waals surface area contributed by atoms with Gasteiger partial charge in [0, 0.05) is 31.7 Å². The second-order valence-corrected chi connectivity index (χ2v) is 8.22. The van der Waals surface area contributed by atoms with Crippen molar-refractivity contribution in [3.8, 4) is 0 Å². The van der Waals surface area contributed by atoms with Gasteiger partial charge in [-0.1, -0.05) is 36.8 Å². The molecular weight excluding hydrogens is 394 g/mol. The minimum Gasteiger partial charge on any atom is -0.352 e. The second-order valence-electron chi connectivity index (χ2n) is 8.22. The normalized spacial score (nSPS) is 15.6. The monoisotopic (exact) mass is 425 g/mol. The summed E-state index contributed by atoms with van der Waals surface area (Å²) in [7, 11) is 0. The van der Waals surface area contributed by atoms with E-state index in [1.807, 2.05) is 39.0 Å².